The molecular weight excluding hydrogens is 649 g/mol. The van der Waals surface area contributed by atoms with Gasteiger partial charge in [-0.2, -0.15) is 0 Å². The monoisotopic (exact) mass is 712 g/mol. The van der Waals surface area contributed by atoms with Gasteiger partial charge in [0.05, 0.1) is 18.6 Å². The second kappa shape index (κ2) is 14.8. The van der Waals surface area contributed by atoms with E-state index in [-0.39, 0.29) is 64.2 Å². The first-order valence-electron chi connectivity index (χ1n) is 18.4. The van der Waals surface area contributed by atoms with Crippen molar-refractivity contribution in [3.05, 3.63) is 54.1 Å². The molecular formula is C40H64O7Si2. The summed E-state index contributed by atoms with van der Waals surface area (Å²) >= 11 is 0. The lowest BCUT2D eigenvalue weighted by Gasteiger charge is -2.46. The summed E-state index contributed by atoms with van der Waals surface area (Å²) in [5, 5.41) is 0.111. The highest BCUT2D eigenvalue weighted by Crippen LogP contribution is 2.47. The maximum atomic E-state index is 13.9. The van der Waals surface area contributed by atoms with Crippen LogP contribution in [0.4, 0.5) is 0 Å². The third-order valence-corrected chi connectivity index (χ3v) is 20.8. The van der Waals surface area contributed by atoms with Gasteiger partial charge in [-0.05, 0) is 92.5 Å². The van der Waals surface area contributed by atoms with E-state index in [0.29, 0.717) is 25.0 Å². The molecule has 9 heteroatoms. The average molecular weight is 713 g/mol. The number of carbonyl (C=O) groups excluding carboxylic acids is 2. The first kappa shape index (κ1) is 39.6. The Bertz CT molecular complexity index is 1370. The van der Waals surface area contributed by atoms with Crippen LogP contribution < -0.4 is 4.74 Å². The lowest BCUT2D eigenvalue weighted by atomic mass is 9.66. The van der Waals surface area contributed by atoms with Crippen LogP contribution >= 0.6 is 0 Å². The average Bonchev–Trinajstić information content (AvgIpc) is 2.95. The molecule has 1 aromatic rings. The highest BCUT2D eigenvalue weighted by Gasteiger charge is 2.48. The molecule has 7 atom stereocenters. The summed E-state index contributed by atoms with van der Waals surface area (Å²) in [5.74, 6) is 0.510. The minimum atomic E-state index is -2.11. The van der Waals surface area contributed by atoms with Gasteiger partial charge in [0.2, 0.25) is 0 Å². The molecule has 1 fully saturated rings. The van der Waals surface area contributed by atoms with Gasteiger partial charge in [-0.1, -0.05) is 84.9 Å². The van der Waals surface area contributed by atoms with Crippen LogP contribution in [0.2, 0.25) is 36.3 Å². The van der Waals surface area contributed by atoms with E-state index >= 15 is 0 Å². The Hall–Kier alpha value is -2.21. The number of carbonyl (C=O) groups is 2. The molecule has 1 aliphatic heterocycles. The van der Waals surface area contributed by atoms with Gasteiger partial charge in [0.25, 0.3) is 0 Å². The van der Waals surface area contributed by atoms with Crippen molar-refractivity contribution in [2.24, 2.45) is 17.8 Å². The Labute approximate surface area is 298 Å². The second-order valence-electron chi connectivity index (χ2n) is 18.2. The molecule has 0 aromatic heterocycles. The molecule has 0 radical (unpaired) electrons. The van der Waals surface area contributed by atoms with Crippen molar-refractivity contribution < 1.29 is 32.7 Å². The van der Waals surface area contributed by atoms with Crippen molar-refractivity contribution in [3.63, 3.8) is 0 Å². The zero-order valence-electron chi connectivity index (χ0n) is 32.6. The van der Waals surface area contributed by atoms with Gasteiger partial charge >= 0.3 is 11.9 Å². The van der Waals surface area contributed by atoms with Gasteiger partial charge in [0.15, 0.2) is 22.2 Å². The molecule has 0 saturated carbocycles. The SMILES string of the molecule is CC1C=CC2=CC(O[Si](C)(C)C(C)(C)C)CC(OC(=O)C(C)(C)Oc3ccccc3)C2C1CC[C@@H]1C[C@@H](O[Si](C)(C)C(C)(C)C)CC(=O)O1. The summed E-state index contributed by atoms with van der Waals surface area (Å²) in [4.78, 5) is 26.7. The van der Waals surface area contributed by atoms with Crippen molar-refractivity contribution in [1.82, 2.24) is 0 Å². The summed E-state index contributed by atoms with van der Waals surface area (Å²) in [6.45, 7) is 28.2. The normalized spacial score (nSPS) is 28.3. The number of benzene rings is 1. The molecule has 0 N–H and O–H groups in total. The van der Waals surface area contributed by atoms with E-state index in [1.54, 1.807) is 13.8 Å². The van der Waals surface area contributed by atoms with E-state index in [4.69, 9.17) is 23.1 Å². The highest BCUT2D eigenvalue weighted by atomic mass is 28.4. The minimum absolute atomic E-state index is 0.00527. The Morgan fingerprint density at radius 1 is 0.878 bits per heavy atom. The number of rotatable bonds is 11. The molecule has 3 aliphatic rings. The lowest BCUT2D eigenvalue weighted by molar-refractivity contribution is -0.171. The van der Waals surface area contributed by atoms with Crippen molar-refractivity contribution in [3.8, 4) is 5.75 Å². The summed E-state index contributed by atoms with van der Waals surface area (Å²) in [7, 11) is -4.14. The molecule has 1 saturated heterocycles. The Morgan fingerprint density at radius 2 is 1.49 bits per heavy atom. The van der Waals surface area contributed by atoms with Crippen LogP contribution in [0.25, 0.3) is 0 Å². The predicted octanol–water partition coefficient (Wildman–Crippen LogP) is 9.79. The van der Waals surface area contributed by atoms with Crippen molar-refractivity contribution >= 4 is 28.6 Å². The molecule has 0 spiro atoms. The molecule has 0 bridgehead atoms. The van der Waals surface area contributed by atoms with Gasteiger partial charge in [0, 0.05) is 18.8 Å². The number of fused-ring (bicyclic) bond motifs is 1. The highest BCUT2D eigenvalue weighted by molar-refractivity contribution is 6.74. The van der Waals surface area contributed by atoms with Gasteiger partial charge in [-0.3, -0.25) is 4.79 Å². The number of allylic oxidation sites excluding steroid dienone is 2. The summed E-state index contributed by atoms with van der Waals surface area (Å²) in [6.07, 6.45) is 9.11. The first-order valence-corrected chi connectivity index (χ1v) is 24.2. The van der Waals surface area contributed by atoms with Gasteiger partial charge in [-0.15, -0.1) is 0 Å². The zero-order valence-corrected chi connectivity index (χ0v) is 34.6. The fourth-order valence-electron chi connectivity index (χ4n) is 6.79. The van der Waals surface area contributed by atoms with Crippen molar-refractivity contribution in [2.75, 3.05) is 0 Å². The summed E-state index contributed by atoms with van der Waals surface area (Å²) < 4.78 is 32.2. The van der Waals surface area contributed by atoms with Gasteiger partial charge in [-0.25, -0.2) is 4.79 Å². The van der Waals surface area contributed by atoms with Crippen molar-refractivity contribution in [1.29, 1.82) is 0 Å². The molecule has 0 amide bonds. The second-order valence-corrected chi connectivity index (χ2v) is 27.7. The maximum absolute atomic E-state index is 13.9. The molecule has 274 valence electrons. The van der Waals surface area contributed by atoms with E-state index in [0.717, 1.165) is 18.4 Å². The number of esters is 2. The molecule has 7 nitrogen and oxygen atoms in total. The minimum Gasteiger partial charge on any atom is -0.476 e. The molecule has 1 heterocycles. The number of hydrogen-bond donors (Lipinski definition) is 0. The van der Waals surface area contributed by atoms with Crippen LogP contribution in [0.3, 0.4) is 0 Å². The van der Waals surface area contributed by atoms with Crippen LogP contribution in [0.5, 0.6) is 5.75 Å². The van der Waals surface area contributed by atoms with Crippen LogP contribution in [-0.4, -0.2) is 58.6 Å². The van der Waals surface area contributed by atoms with E-state index in [1.807, 2.05) is 30.3 Å². The van der Waals surface area contributed by atoms with Crippen LogP contribution in [0.15, 0.2) is 54.1 Å². The molecule has 1 aromatic carbocycles. The quantitative estimate of drug-likeness (QED) is 0.167. The third-order valence-electron chi connectivity index (χ3n) is 11.8. The largest absolute Gasteiger partial charge is 0.476 e. The third kappa shape index (κ3) is 9.77. The standard InChI is InChI=1S/C40H64O7Si2/c1-27-19-20-28-23-31(46-48(10,11)38(2,3)4)25-34(44-37(42)40(8,9)45-29-17-15-14-16-18-29)36(28)33(27)22-21-30-24-32(26-35(41)43-30)47-49(12,13)39(5,6)7/h14-20,23,27,30-34,36H,21-22,24-26H2,1-13H3/t27?,30-,31?,32-,33?,34?,36?/m1/s1. The van der Waals surface area contributed by atoms with Crippen LogP contribution in [-0.2, 0) is 27.9 Å². The topological polar surface area (TPSA) is 80.3 Å². The Kier molecular flexibility index (Phi) is 12.0. The van der Waals surface area contributed by atoms with E-state index in [9.17, 15) is 9.59 Å². The van der Waals surface area contributed by atoms with Gasteiger partial charge < -0.3 is 23.1 Å². The number of ether oxygens (including phenoxy) is 3. The summed E-state index contributed by atoms with van der Waals surface area (Å²) in [6, 6.07) is 9.41. The van der Waals surface area contributed by atoms with Crippen LogP contribution in [0.1, 0.15) is 94.4 Å². The predicted molar refractivity (Wildman–Crippen MR) is 202 cm³/mol. The Balaban J connectivity index is 1.57. The molecule has 49 heavy (non-hydrogen) atoms. The fraction of sp³-hybridized carbons (Fsp3) is 0.700. The van der Waals surface area contributed by atoms with E-state index in [1.165, 1.54) is 0 Å². The lowest BCUT2D eigenvalue weighted by Crippen LogP contribution is -2.50. The number of cyclic esters (lactones) is 1. The smallest absolute Gasteiger partial charge is 0.350 e. The van der Waals surface area contributed by atoms with Crippen molar-refractivity contribution in [2.45, 2.75) is 161 Å². The fourth-order valence-corrected chi connectivity index (χ4v) is 9.44. The molecule has 5 unspecified atom stereocenters. The first-order chi connectivity index (χ1) is 22.5. The zero-order chi connectivity index (χ0) is 36.6. The number of hydrogen-bond acceptors (Lipinski definition) is 7. The summed E-state index contributed by atoms with van der Waals surface area (Å²) in [5.41, 5.74) is -0.0167. The van der Waals surface area contributed by atoms with Crippen LogP contribution in [0, 0.1) is 17.8 Å². The molecule has 4 rings (SSSR count). The van der Waals surface area contributed by atoms with E-state index < -0.39 is 22.2 Å². The van der Waals surface area contributed by atoms with Gasteiger partial charge in [0.1, 0.15) is 18.0 Å². The number of para-hydroxylation sites is 1. The Morgan fingerprint density at radius 3 is 2.10 bits per heavy atom. The maximum Gasteiger partial charge on any atom is 0.350 e. The molecule has 2 aliphatic carbocycles. The van der Waals surface area contributed by atoms with E-state index in [2.05, 4.69) is 92.9 Å².